The number of carbonyl (C=O) groups excluding carboxylic acids is 1. The molecule has 6 nitrogen and oxygen atoms in total. The predicted octanol–water partition coefficient (Wildman–Crippen LogP) is 10.6. The number of hydrogen-bond donors (Lipinski definition) is 2. The Morgan fingerprint density at radius 2 is 1.65 bits per heavy atom. The number of allylic oxidation sites excluding steroid dienone is 2. The molecule has 2 N–H and O–H groups in total. The number of carbonyl (C=O) groups is 2. The van der Waals surface area contributed by atoms with Crippen molar-refractivity contribution in [2.45, 2.75) is 153 Å². The number of esters is 1. The Hall–Kier alpha value is -2.85. The average Bonchev–Trinajstić information content (AvgIpc) is 3.46. The summed E-state index contributed by atoms with van der Waals surface area (Å²) in [6.45, 7) is 32.5. The number of carboxylic acids is 1. The molecule has 5 aliphatic carbocycles. The van der Waals surface area contributed by atoms with E-state index in [0.29, 0.717) is 30.2 Å². The highest BCUT2D eigenvalue weighted by Crippen LogP contribution is 2.81. The predicted molar refractivity (Wildman–Crippen MR) is 208 cm³/mol. The van der Waals surface area contributed by atoms with E-state index in [9.17, 15) is 14.7 Å². The Bertz CT molecular complexity index is 1670. The summed E-state index contributed by atoms with van der Waals surface area (Å²) in [5.74, 6) is 0.581. The summed E-state index contributed by atoms with van der Waals surface area (Å²) in [5, 5.41) is 13.5. The van der Waals surface area contributed by atoms with Gasteiger partial charge in [-0.05, 0) is 155 Å². The van der Waals surface area contributed by atoms with Crippen molar-refractivity contribution in [3.63, 3.8) is 0 Å². The minimum Gasteiger partial charge on any atom is -0.481 e. The lowest BCUT2D eigenvalue weighted by molar-refractivity contribution is -0.275. The van der Waals surface area contributed by atoms with Crippen LogP contribution in [0.1, 0.15) is 144 Å². The van der Waals surface area contributed by atoms with E-state index in [1.165, 1.54) is 48.9 Å². The molecule has 10 atom stereocenters. The molecule has 0 spiro atoms. The standard InChI is InChI=1S/C46H68N2O4/c1-13-35(48-28-31-26-30(4)18-25-47-31)46-22-14-32(29(2)3)38(46)44(11)21-16-34-42(9)19-17-36(52-37(49)27-40(5,6)39(50)51)41(7,8)33(42)15-20-43(34,10)45(44,12)23-24-46/h18,25-26,32-34,36,38,48H,1-2,14-17,19-24,27-28H2,3-12H3,(H,50,51)/t32-,33?,34+,36-,38?,42?,43+,44?,45-,46+/m0/s1. The van der Waals surface area contributed by atoms with Crippen LogP contribution in [0.15, 0.2) is 48.5 Å². The van der Waals surface area contributed by atoms with Gasteiger partial charge in [0.1, 0.15) is 6.10 Å². The molecule has 0 saturated heterocycles. The molecule has 4 unspecified atom stereocenters. The molecule has 5 saturated carbocycles. The van der Waals surface area contributed by atoms with E-state index in [4.69, 9.17) is 4.74 Å². The fraction of sp³-hybridized carbons (Fsp3) is 0.739. The van der Waals surface area contributed by atoms with Crippen LogP contribution in [0, 0.1) is 68.5 Å². The van der Waals surface area contributed by atoms with Crippen LogP contribution >= 0.6 is 0 Å². The molecule has 5 fully saturated rings. The van der Waals surface area contributed by atoms with Gasteiger partial charge >= 0.3 is 11.9 Å². The first-order valence-electron chi connectivity index (χ1n) is 20.3. The summed E-state index contributed by atoms with van der Waals surface area (Å²) in [6.07, 6.45) is 12.8. The monoisotopic (exact) mass is 713 g/mol. The number of hydrogen-bond acceptors (Lipinski definition) is 5. The molecule has 52 heavy (non-hydrogen) atoms. The van der Waals surface area contributed by atoms with Gasteiger partial charge in [-0.3, -0.25) is 14.6 Å². The number of nitrogens with zero attached hydrogens (tertiary/aromatic N) is 1. The second-order valence-electron chi connectivity index (χ2n) is 20.4. The van der Waals surface area contributed by atoms with E-state index >= 15 is 0 Å². The van der Waals surface area contributed by atoms with Gasteiger partial charge in [-0.2, -0.15) is 0 Å². The third-order valence-electron chi connectivity index (χ3n) is 17.3. The van der Waals surface area contributed by atoms with Gasteiger partial charge in [0, 0.05) is 17.0 Å². The second kappa shape index (κ2) is 12.9. The van der Waals surface area contributed by atoms with E-state index in [1.807, 2.05) is 6.20 Å². The SMILES string of the molecule is C=C=C(NCc1cc(C)ccn1)[C@]12CC[C@@H](C(=C)C)C1C1(C)CC[C@@H]3C4(C)CC[C@H](OC(=O)CC(C)(C)C(=O)O)C(C)(C)C4CC[C@@]3(C)[C@]1(C)CC2. The smallest absolute Gasteiger partial charge is 0.309 e. The van der Waals surface area contributed by atoms with E-state index < -0.39 is 11.4 Å². The van der Waals surface area contributed by atoms with Crippen molar-refractivity contribution in [3.05, 3.63) is 59.7 Å². The Labute approximate surface area is 314 Å². The molecule has 1 aromatic heterocycles. The number of aryl methyl sites for hydroxylation is 1. The van der Waals surface area contributed by atoms with Crippen LogP contribution < -0.4 is 5.32 Å². The van der Waals surface area contributed by atoms with Crippen molar-refractivity contribution >= 4 is 11.9 Å². The summed E-state index contributed by atoms with van der Waals surface area (Å²) in [7, 11) is 0. The van der Waals surface area contributed by atoms with Crippen molar-refractivity contribution in [1.29, 1.82) is 0 Å². The molecule has 0 radical (unpaired) electrons. The van der Waals surface area contributed by atoms with E-state index in [-0.39, 0.29) is 51.0 Å². The van der Waals surface area contributed by atoms with E-state index in [1.54, 1.807) is 13.8 Å². The molecular weight excluding hydrogens is 645 g/mol. The van der Waals surface area contributed by atoms with Gasteiger partial charge in [-0.1, -0.05) is 60.3 Å². The molecular formula is C46H68N2O4. The van der Waals surface area contributed by atoms with Crippen molar-refractivity contribution in [1.82, 2.24) is 10.3 Å². The van der Waals surface area contributed by atoms with E-state index in [2.05, 4.69) is 96.7 Å². The highest BCUT2D eigenvalue weighted by atomic mass is 16.5. The summed E-state index contributed by atoms with van der Waals surface area (Å²) >= 11 is 0. The zero-order chi connectivity index (χ0) is 38.3. The topological polar surface area (TPSA) is 88.5 Å². The number of aliphatic carboxylic acids is 1. The average molecular weight is 713 g/mol. The van der Waals surface area contributed by atoms with Gasteiger partial charge < -0.3 is 15.2 Å². The first kappa shape index (κ1) is 38.9. The summed E-state index contributed by atoms with van der Waals surface area (Å²) in [5.41, 5.74) is 7.50. The Morgan fingerprint density at radius 1 is 0.981 bits per heavy atom. The molecule has 1 heterocycles. The van der Waals surface area contributed by atoms with Crippen LogP contribution in [0.2, 0.25) is 0 Å². The lowest BCUT2D eigenvalue weighted by Crippen LogP contribution is -2.70. The largest absolute Gasteiger partial charge is 0.481 e. The van der Waals surface area contributed by atoms with Crippen LogP contribution in [-0.2, 0) is 20.9 Å². The fourth-order valence-electron chi connectivity index (χ4n) is 14.3. The fourth-order valence-corrected chi connectivity index (χ4v) is 14.3. The van der Waals surface area contributed by atoms with Crippen LogP contribution in [0.4, 0.5) is 0 Å². The van der Waals surface area contributed by atoms with Crippen molar-refractivity contribution < 1.29 is 19.4 Å². The van der Waals surface area contributed by atoms with Gasteiger partial charge in [0.25, 0.3) is 0 Å². The third kappa shape index (κ3) is 5.58. The molecule has 286 valence electrons. The van der Waals surface area contributed by atoms with Gasteiger partial charge in [-0.15, -0.1) is 5.73 Å². The normalized spacial score (nSPS) is 40.5. The first-order valence-corrected chi connectivity index (χ1v) is 20.3. The molecule has 6 rings (SSSR count). The third-order valence-corrected chi connectivity index (χ3v) is 17.3. The molecule has 5 aliphatic rings. The van der Waals surface area contributed by atoms with Gasteiger partial charge in [0.05, 0.1) is 29.8 Å². The minimum absolute atomic E-state index is 0.00706. The van der Waals surface area contributed by atoms with Gasteiger partial charge in [0.2, 0.25) is 0 Å². The number of ether oxygens (including phenoxy) is 1. The van der Waals surface area contributed by atoms with Gasteiger partial charge in [0.15, 0.2) is 0 Å². The number of aromatic nitrogens is 1. The first-order chi connectivity index (χ1) is 24.1. The lowest BCUT2D eigenvalue weighted by Gasteiger charge is -2.76. The zero-order valence-electron chi connectivity index (χ0n) is 34.1. The molecule has 0 aliphatic heterocycles. The summed E-state index contributed by atoms with van der Waals surface area (Å²) < 4.78 is 6.22. The van der Waals surface area contributed by atoms with E-state index in [0.717, 1.165) is 37.8 Å². The molecule has 0 aromatic carbocycles. The molecule has 6 heteroatoms. The lowest BCUT2D eigenvalue weighted by atomic mass is 9.28. The van der Waals surface area contributed by atoms with Crippen LogP contribution in [0.5, 0.6) is 0 Å². The van der Waals surface area contributed by atoms with Crippen LogP contribution in [-0.4, -0.2) is 28.1 Å². The molecule has 0 bridgehead atoms. The van der Waals surface area contributed by atoms with Crippen molar-refractivity contribution in [2.24, 2.45) is 61.6 Å². The Balaban J connectivity index is 1.30. The second-order valence-corrected chi connectivity index (χ2v) is 20.4. The maximum absolute atomic E-state index is 13.2. The quantitative estimate of drug-likeness (QED) is 0.151. The van der Waals surface area contributed by atoms with Crippen molar-refractivity contribution in [3.8, 4) is 0 Å². The zero-order valence-corrected chi connectivity index (χ0v) is 34.1. The Morgan fingerprint density at radius 3 is 2.29 bits per heavy atom. The molecule has 1 aromatic rings. The van der Waals surface area contributed by atoms with Gasteiger partial charge in [-0.25, -0.2) is 0 Å². The maximum atomic E-state index is 13.2. The summed E-state index contributed by atoms with van der Waals surface area (Å²) in [4.78, 5) is 29.6. The van der Waals surface area contributed by atoms with Crippen molar-refractivity contribution in [2.75, 3.05) is 0 Å². The summed E-state index contributed by atoms with van der Waals surface area (Å²) in [6, 6.07) is 4.23. The number of carboxylic acid groups (broad SMARTS) is 1. The Kier molecular flexibility index (Phi) is 9.63. The minimum atomic E-state index is -1.14. The maximum Gasteiger partial charge on any atom is 0.309 e. The molecule has 0 amide bonds. The number of fused-ring (bicyclic) bond motifs is 7. The number of pyridine rings is 1. The highest BCUT2D eigenvalue weighted by molar-refractivity contribution is 5.81. The van der Waals surface area contributed by atoms with Crippen LogP contribution in [0.25, 0.3) is 0 Å². The highest BCUT2D eigenvalue weighted by Gasteiger charge is 2.75. The number of rotatable bonds is 9. The number of nitrogens with one attached hydrogen (secondary N) is 1. The van der Waals surface area contributed by atoms with Crippen LogP contribution in [0.3, 0.4) is 0 Å².